The maximum absolute atomic E-state index is 11.9. The van der Waals surface area contributed by atoms with Crippen LogP contribution in [0.2, 0.25) is 0 Å². The normalized spacial score (nSPS) is 21.6. The Morgan fingerprint density at radius 2 is 1.96 bits per heavy atom. The first-order valence-electron chi connectivity index (χ1n) is 8.25. The van der Waals surface area contributed by atoms with Crippen molar-refractivity contribution < 1.29 is 9.53 Å². The number of hydrogen-bond acceptors (Lipinski definition) is 3. The Bertz CT molecular complexity index is 554. The molecule has 0 spiro atoms. The number of alkyl carbamates (subject to hydrolysis) is 1. The Morgan fingerprint density at radius 3 is 2.61 bits per heavy atom. The summed E-state index contributed by atoms with van der Waals surface area (Å²) in [6.45, 7) is 7.75. The number of rotatable bonds is 3. The van der Waals surface area contributed by atoms with Crippen LogP contribution in [0.3, 0.4) is 0 Å². The van der Waals surface area contributed by atoms with Crippen molar-refractivity contribution in [1.29, 1.82) is 0 Å². The molecule has 1 aromatic carbocycles. The third-order valence-electron chi connectivity index (χ3n) is 3.94. The smallest absolute Gasteiger partial charge is 0.407 e. The molecule has 1 saturated carbocycles. The summed E-state index contributed by atoms with van der Waals surface area (Å²) >= 11 is 3.49. The van der Waals surface area contributed by atoms with E-state index in [1.807, 2.05) is 20.8 Å². The average molecular weight is 383 g/mol. The van der Waals surface area contributed by atoms with Gasteiger partial charge in [0.2, 0.25) is 0 Å². The van der Waals surface area contributed by atoms with Crippen LogP contribution in [0, 0.1) is 6.92 Å². The van der Waals surface area contributed by atoms with Crippen LogP contribution in [0.25, 0.3) is 0 Å². The SMILES string of the molecule is Cc1cc(Br)ccc1NC1CCCC(NC(=O)OC(C)(C)C)C1. The minimum absolute atomic E-state index is 0.173. The Hall–Kier alpha value is -1.23. The van der Waals surface area contributed by atoms with Crippen LogP contribution in [0.5, 0.6) is 0 Å². The predicted molar refractivity (Wildman–Crippen MR) is 97.9 cm³/mol. The van der Waals surface area contributed by atoms with E-state index in [1.54, 1.807) is 0 Å². The number of benzene rings is 1. The van der Waals surface area contributed by atoms with E-state index >= 15 is 0 Å². The van der Waals surface area contributed by atoms with Gasteiger partial charge in [-0.2, -0.15) is 0 Å². The Morgan fingerprint density at radius 1 is 1.26 bits per heavy atom. The Balaban J connectivity index is 1.89. The van der Waals surface area contributed by atoms with Crippen molar-refractivity contribution in [2.45, 2.75) is 71.1 Å². The molecule has 0 bridgehead atoms. The first-order chi connectivity index (χ1) is 10.7. The second kappa shape index (κ2) is 7.56. The quantitative estimate of drug-likeness (QED) is 0.772. The van der Waals surface area contributed by atoms with Gasteiger partial charge in [-0.3, -0.25) is 0 Å². The van der Waals surface area contributed by atoms with Crippen molar-refractivity contribution in [3.05, 3.63) is 28.2 Å². The van der Waals surface area contributed by atoms with Gasteiger partial charge in [-0.05, 0) is 77.1 Å². The van der Waals surface area contributed by atoms with Gasteiger partial charge in [-0.1, -0.05) is 15.9 Å². The molecule has 1 amide bonds. The molecule has 5 heteroatoms. The van der Waals surface area contributed by atoms with Crippen LogP contribution in [0.1, 0.15) is 52.0 Å². The number of anilines is 1. The lowest BCUT2D eigenvalue weighted by Crippen LogP contribution is -2.43. The summed E-state index contributed by atoms with van der Waals surface area (Å²) in [7, 11) is 0. The third-order valence-corrected chi connectivity index (χ3v) is 4.44. The fourth-order valence-corrected chi connectivity index (χ4v) is 3.41. The van der Waals surface area contributed by atoms with E-state index in [0.717, 1.165) is 35.8 Å². The third kappa shape index (κ3) is 6.05. The highest BCUT2D eigenvalue weighted by Crippen LogP contribution is 2.26. The lowest BCUT2D eigenvalue weighted by molar-refractivity contribution is 0.0492. The summed E-state index contributed by atoms with van der Waals surface area (Å²) in [6, 6.07) is 6.82. The van der Waals surface area contributed by atoms with E-state index in [0.29, 0.717) is 6.04 Å². The highest BCUT2D eigenvalue weighted by atomic mass is 79.9. The van der Waals surface area contributed by atoms with Crippen molar-refractivity contribution in [2.75, 3.05) is 5.32 Å². The summed E-state index contributed by atoms with van der Waals surface area (Å²) in [5.41, 5.74) is 1.93. The molecule has 1 aliphatic rings. The van der Waals surface area contributed by atoms with E-state index in [-0.39, 0.29) is 12.1 Å². The van der Waals surface area contributed by atoms with E-state index in [2.05, 4.69) is 51.7 Å². The number of hydrogen-bond donors (Lipinski definition) is 2. The van der Waals surface area contributed by atoms with E-state index < -0.39 is 5.60 Å². The molecular weight excluding hydrogens is 356 g/mol. The van der Waals surface area contributed by atoms with Gasteiger partial charge in [0, 0.05) is 22.2 Å². The van der Waals surface area contributed by atoms with Crippen LogP contribution in [-0.4, -0.2) is 23.8 Å². The van der Waals surface area contributed by atoms with Gasteiger partial charge in [0.05, 0.1) is 0 Å². The fraction of sp³-hybridized carbons (Fsp3) is 0.611. The maximum atomic E-state index is 11.9. The van der Waals surface area contributed by atoms with Crippen LogP contribution in [0.15, 0.2) is 22.7 Å². The molecule has 0 aliphatic heterocycles. The van der Waals surface area contributed by atoms with Gasteiger partial charge >= 0.3 is 6.09 Å². The number of carbonyl (C=O) groups is 1. The van der Waals surface area contributed by atoms with E-state index in [1.165, 1.54) is 5.56 Å². The van der Waals surface area contributed by atoms with Crippen LogP contribution >= 0.6 is 15.9 Å². The van der Waals surface area contributed by atoms with Crippen molar-refractivity contribution in [3.63, 3.8) is 0 Å². The number of nitrogens with one attached hydrogen (secondary N) is 2. The van der Waals surface area contributed by atoms with Gasteiger partial charge in [0.25, 0.3) is 0 Å². The molecule has 2 N–H and O–H groups in total. The van der Waals surface area contributed by atoms with Crippen molar-refractivity contribution >= 4 is 27.7 Å². The zero-order valence-electron chi connectivity index (χ0n) is 14.4. The largest absolute Gasteiger partial charge is 0.444 e. The molecular formula is C18H27BrN2O2. The van der Waals surface area contributed by atoms with Gasteiger partial charge in [-0.15, -0.1) is 0 Å². The topological polar surface area (TPSA) is 50.4 Å². The van der Waals surface area contributed by atoms with E-state index in [9.17, 15) is 4.79 Å². The molecule has 2 unspecified atom stereocenters. The lowest BCUT2D eigenvalue weighted by atomic mass is 9.90. The van der Waals surface area contributed by atoms with Crippen molar-refractivity contribution in [1.82, 2.24) is 5.32 Å². The van der Waals surface area contributed by atoms with Crippen LogP contribution in [-0.2, 0) is 4.74 Å². The fourth-order valence-electron chi connectivity index (χ4n) is 2.94. The maximum Gasteiger partial charge on any atom is 0.407 e. The first-order valence-corrected chi connectivity index (χ1v) is 9.04. The Labute approximate surface area is 147 Å². The summed E-state index contributed by atoms with van der Waals surface area (Å²) in [6.07, 6.45) is 3.85. The van der Waals surface area contributed by atoms with Crippen LogP contribution < -0.4 is 10.6 Å². The molecule has 0 aromatic heterocycles. The van der Waals surface area contributed by atoms with Crippen molar-refractivity contribution in [3.8, 4) is 0 Å². The van der Waals surface area contributed by atoms with Crippen molar-refractivity contribution in [2.24, 2.45) is 0 Å². The van der Waals surface area contributed by atoms with Crippen LogP contribution in [0.4, 0.5) is 10.5 Å². The summed E-state index contributed by atoms with van der Waals surface area (Å²) in [5.74, 6) is 0. The second-order valence-electron chi connectivity index (χ2n) is 7.31. The highest BCUT2D eigenvalue weighted by molar-refractivity contribution is 9.10. The number of amides is 1. The molecule has 1 aromatic rings. The number of carbonyl (C=O) groups excluding carboxylic acids is 1. The molecule has 23 heavy (non-hydrogen) atoms. The van der Waals surface area contributed by atoms with Gasteiger partial charge in [-0.25, -0.2) is 4.79 Å². The molecule has 128 valence electrons. The monoisotopic (exact) mass is 382 g/mol. The first kappa shape index (κ1) is 18.1. The zero-order valence-corrected chi connectivity index (χ0v) is 16.0. The summed E-state index contributed by atoms with van der Waals surface area (Å²) < 4.78 is 6.44. The molecule has 0 saturated heterocycles. The minimum atomic E-state index is -0.453. The molecule has 1 aliphatic carbocycles. The summed E-state index contributed by atoms with van der Waals surface area (Å²) in [4.78, 5) is 11.9. The number of halogens is 1. The Kier molecular flexibility index (Phi) is 5.95. The van der Waals surface area contributed by atoms with Gasteiger partial charge in [0.15, 0.2) is 0 Å². The van der Waals surface area contributed by atoms with E-state index in [4.69, 9.17) is 4.74 Å². The highest BCUT2D eigenvalue weighted by Gasteiger charge is 2.25. The molecule has 4 nitrogen and oxygen atoms in total. The number of aryl methyl sites for hydroxylation is 1. The molecule has 0 radical (unpaired) electrons. The lowest BCUT2D eigenvalue weighted by Gasteiger charge is -2.32. The summed E-state index contributed by atoms with van der Waals surface area (Å²) in [5, 5.41) is 6.62. The zero-order chi connectivity index (χ0) is 17.0. The molecule has 0 heterocycles. The second-order valence-corrected chi connectivity index (χ2v) is 8.23. The molecule has 2 rings (SSSR count). The number of ether oxygens (including phenoxy) is 1. The van der Waals surface area contributed by atoms with Gasteiger partial charge in [0.1, 0.15) is 5.60 Å². The van der Waals surface area contributed by atoms with Gasteiger partial charge < -0.3 is 15.4 Å². The molecule has 2 atom stereocenters. The predicted octanol–water partition coefficient (Wildman–Crippen LogP) is 5.01. The minimum Gasteiger partial charge on any atom is -0.444 e. The average Bonchev–Trinajstić information content (AvgIpc) is 2.40. The standard InChI is InChI=1S/C18H27BrN2O2/c1-12-10-13(19)8-9-16(12)20-14-6-5-7-15(11-14)21-17(22)23-18(2,3)4/h8-10,14-15,20H,5-7,11H2,1-4H3,(H,21,22). The molecule has 1 fully saturated rings.